The molecule has 3 aromatic rings. The summed E-state index contributed by atoms with van der Waals surface area (Å²) in [5, 5.41) is 14.0. The number of non-ortho nitro benzene ring substituents is 1. The van der Waals surface area contributed by atoms with Crippen molar-refractivity contribution in [2.75, 3.05) is 5.32 Å². The van der Waals surface area contributed by atoms with Crippen LogP contribution in [0.25, 0.3) is 0 Å². The highest BCUT2D eigenvalue weighted by molar-refractivity contribution is 6.34. The summed E-state index contributed by atoms with van der Waals surface area (Å²) in [6, 6.07) is 16.4. The third-order valence-electron chi connectivity index (χ3n) is 4.11. The minimum atomic E-state index is -0.675. The minimum Gasteiger partial charge on any atom is -0.474 e. The van der Waals surface area contributed by atoms with Gasteiger partial charge in [0, 0.05) is 17.8 Å². The molecule has 8 nitrogen and oxygen atoms in total. The van der Waals surface area contributed by atoms with Gasteiger partial charge in [0.1, 0.15) is 11.5 Å². The molecule has 0 radical (unpaired) electrons. The number of nitro groups is 1. The molecule has 0 bridgehead atoms. The number of urea groups is 1. The summed E-state index contributed by atoms with van der Waals surface area (Å²) in [5.41, 5.74) is 0.824. The topological polar surface area (TPSA) is 103 Å². The molecule has 0 aromatic heterocycles. The van der Waals surface area contributed by atoms with E-state index in [1.165, 1.54) is 30.3 Å². The highest BCUT2D eigenvalue weighted by Crippen LogP contribution is 2.32. The predicted molar refractivity (Wildman–Crippen MR) is 128 cm³/mol. The molecule has 10 heteroatoms. The summed E-state index contributed by atoms with van der Waals surface area (Å²) in [5.74, 6) is 0.781. The van der Waals surface area contributed by atoms with E-state index in [1.54, 1.807) is 36.4 Å². The summed E-state index contributed by atoms with van der Waals surface area (Å²) in [4.78, 5) is 26.8. The molecule has 0 saturated carbocycles. The molecule has 0 atom stereocenters. The molecule has 3 rings (SSSR count). The number of carbonyl (C=O) groups excluding carboxylic acids is 1. The van der Waals surface area contributed by atoms with E-state index >= 15 is 0 Å². The third kappa shape index (κ3) is 6.68. The van der Waals surface area contributed by atoms with E-state index in [1.807, 2.05) is 13.8 Å². The second-order valence-electron chi connectivity index (χ2n) is 6.99. The quantitative estimate of drug-likeness (QED) is 0.173. The minimum absolute atomic E-state index is 0.0512. The Labute approximate surface area is 199 Å². The van der Waals surface area contributed by atoms with Gasteiger partial charge >= 0.3 is 6.03 Å². The molecule has 0 aliphatic carbocycles. The van der Waals surface area contributed by atoms with E-state index in [2.05, 4.69) is 10.3 Å². The zero-order valence-corrected chi connectivity index (χ0v) is 19.1. The lowest BCUT2D eigenvalue weighted by molar-refractivity contribution is -0.384. The SMILES string of the molecule is CC(C)O/C(=N\C(=O)Nc1ccc(Oc2ccc([N+](=O)[O-])cc2)c(Cl)c1)c1ccccc1Cl. The van der Waals surface area contributed by atoms with Crippen molar-refractivity contribution in [3.05, 3.63) is 92.5 Å². The van der Waals surface area contributed by atoms with Crippen LogP contribution in [0.1, 0.15) is 19.4 Å². The first kappa shape index (κ1) is 24.0. The molecule has 3 aromatic carbocycles. The first-order valence-electron chi connectivity index (χ1n) is 9.76. The number of carbonyl (C=O) groups is 1. The van der Waals surface area contributed by atoms with Gasteiger partial charge in [-0.1, -0.05) is 35.3 Å². The molecule has 0 saturated heterocycles. The monoisotopic (exact) mass is 487 g/mol. The van der Waals surface area contributed by atoms with Gasteiger partial charge in [-0.05, 0) is 56.3 Å². The van der Waals surface area contributed by atoms with Crippen molar-refractivity contribution in [2.45, 2.75) is 20.0 Å². The number of hydrogen-bond donors (Lipinski definition) is 1. The Bertz CT molecular complexity index is 1200. The molecular weight excluding hydrogens is 469 g/mol. The van der Waals surface area contributed by atoms with Crippen LogP contribution in [0.3, 0.4) is 0 Å². The summed E-state index contributed by atoms with van der Waals surface area (Å²) in [7, 11) is 0. The van der Waals surface area contributed by atoms with Crippen LogP contribution in [-0.2, 0) is 4.74 Å². The fourth-order valence-electron chi connectivity index (χ4n) is 2.68. The Morgan fingerprint density at radius 3 is 2.33 bits per heavy atom. The van der Waals surface area contributed by atoms with E-state index in [-0.39, 0.29) is 22.7 Å². The summed E-state index contributed by atoms with van der Waals surface area (Å²) < 4.78 is 11.3. The molecule has 1 N–H and O–H groups in total. The largest absolute Gasteiger partial charge is 0.474 e. The average molecular weight is 488 g/mol. The molecule has 0 aliphatic heterocycles. The summed E-state index contributed by atoms with van der Waals surface area (Å²) >= 11 is 12.5. The maximum Gasteiger partial charge on any atom is 0.348 e. The number of amides is 2. The number of benzene rings is 3. The number of aliphatic imine (C=N–C) groups is 1. The van der Waals surface area contributed by atoms with E-state index < -0.39 is 11.0 Å². The maximum atomic E-state index is 12.5. The third-order valence-corrected chi connectivity index (χ3v) is 4.74. The van der Waals surface area contributed by atoms with Crippen molar-refractivity contribution in [3.63, 3.8) is 0 Å². The van der Waals surface area contributed by atoms with E-state index in [0.717, 1.165) is 0 Å². The van der Waals surface area contributed by atoms with Gasteiger partial charge in [-0.25, -0.2) is 4.79 Å². The number of nitrogens with zero attached hydrogens (tertiary/aromatic N) is 2. The molecule has 33 heavy (non-hydrogen) atoms. The number of hydrogen-bond acceptors (Lipinski definition) is 5. The Morgan fingerprint density at radius 1 is 1.03 bits per heavy atom. The number of ether oxygens (including phenoxy) is 2. The zero-order valence-electron chi connectivity index (χ0n) is 17.6. The Morgan fingerprint density at radius 2 is 1.73 bits per heavy atom. The molecule has 0 fully saturated rings. The maximum absolute atomic E-state index is 12.5. The molecular formula is C23H19Cl2N3O5. The lowest BCUT2D eigenvalue weighted by atomic mass is 10.2. The van der Waals surface area contributed by atoms with Crippen LogP contribution in [0.5, 0.6) is 11.5 Å². The number of nitrogens with one attached hydrogen (secondary N) is 1. The second kappa shape index (κ2) is 10.8. The number of rotatable bonds is 6. The normalized spacial score (nSPS) is 11.2. The second-order valence-corrected chi connectivity index (χ2v) is 7.81. The lowest BCUT2D eigenvalue weighted by Gasteiger charge is -2.14. The van der Waals surface area contributed by atoms with E-state index in [9.17, 15) is 14.9 Å². The van der Waals surface area contributed by atoms with Gasteiger partial charge in [-0.3, -0.25) is 10.1 Å². The van der Waals surface area contributed by atoms with Crippen molar-refractivity contribution >= 4 is 46.5 Å². The Kier molecular flexibility index (Phi) is 7.87. The standard InChI is InChI=1S/C23H19Cl2N3O5/c1-14(2)32-22(18-5-3-4-6-19(18)24)27-23(29)26-15-7-12-21(20(25)13-15)33-17-10-8-16(9-11-17)28(30)31/h3-14H,1-2H3,(H,26,29)/b27-22-. The van der Waals surface area contributed by atoms with Gasteiger partial charge in [0.15, 0.2) is 0 Å². The average Bonchev–Trinajstić information content (AvgIpc) is 2.75. The first-order chi connectivity index (χ1) is 15.7. The lowest BCUT2D eigenvalue weighted by Crippen LogP contribution is -2.17. The van der Waals surface area contributed by atoms with Crippen LogP contribution in [0.2, 0.25) is 10.0 Å². The van der Waals surface area contributed by atoms with Crippen LogP contribution < -0.4 is 10.1 Å². The van der Waals surface area contributed by atoms with Gasteiger partial charge in [0.05, 0.1) is 26.6 Å². The van der Waals surface area contributed by atoms with E-state index in [0.29, 0.717) is 27.8 Å². The van der Waals surface area contributed by atoms with Gasteiger partial charge < -0.3 is 14.8 Å². The Hall–Kier alpha value is -3.62. The van der Waals surface area contributed by atoms with Crippen molar-refractivity contribution in [3.8, 4) is 11.5 Å². The van der Waals surface area contributed by atoms with Gasteiger partial charge in [-0.15, -0.1) is 0 Å². The number of halogens is 2. The van der Waals surface area contributed by atoms with Gasteiger partial charge in [-0.2, -0.15) is 4.99 Å². The molecule has 0 unspecified atom stereocenters. The van der Waals surface area contributed by atoms with Crippen molar-refractivity contribution in [2.24, 2.45) is 4.99 Å². The molecule has 0 spiro atoms. The molecule has 0 aliphatic rings. The smallest absolute Gasteiger partial charge is 0.348 e. The van der Waals surface area contributed by atoms with Gasteiger partial charge in [0.2, 0.25) is 5.90 Å². The van der Waals surface area contributed by atoms with Crippen LogP contribution in [0, 0.1) is 10.1 Å². The number of nitro benzene ring substituents is 1. The number of anilines is 1. The summed E-state index contributed by atoms with van der Waals surface area (Å²) in [6.07, 6.45) is -0.224. The molecule has 170 valence electrons. The molecule has 0 heterocycles. The van der Waals surface area contributed by atoms with Crippen molar-refractivity contribution in [1.29, 1.82) is 0 Å². The first-order valence-corrected chi connectivity index (χ1v) is 10.5. The van der Waals surface area contributed by atoms with Crippen LogP contribution in [0.4, 0.5) is 16.2 Å². The van der Waals surface area contributed by atoms with Crippen molar-refractivity contribution < 1.29 is 19.2 Å². The highest BCUT2D eigenvalue weighted by atomic mass is 35.5. The Balaban J connectivity index is 1.74. The van der Waals surface area contributed by atoms with Crippen molar-refractivity contribution in [1.82, 2.24) is 0 Å². The van der Waals surface area contributed by atoms with Gasteiger partial charge in [0.25, 0.3) is 5.69 Å². The fourth-order valence-corrected chi connectivity index (χ4v) is 3.11. The fraction of sp³-hybridized carbons (Fsp3) is 0.130. The summed E-state index contributed by atoms with van der Waals surface area (Å²) in [6.45, 7) is 3.63. The van der Waals surface area contributed by atoms with E-state index in [4.69, 9.17) is 32.7 Å². The van der Waals surface area contributed by atoms with Crippen LogP contribution in [0.15, 0.2) is 71.7 Å². The van der Waals surface area contributed by atoms with Crippen LogP contribution >= 0.6 is 23.2 Å². The highest BCUT2D eigenvalue weighted by Gasteiger charge is 2.14. The molecule has 2 amide bonds. The predicted octanol–water partition coefficient (Wildman–Crippen LogP) is 7.10. The zero-order chi connectivity index (χ0) is 24.0. The van der Waals surface area contributed by atoms with Crippen LogP contribution in [-0.4, -0.2) is 23.0 Å².